The van der Waals surface area contributed by atoms with Crippen molar-refractivity contribution in [1.82, 2.24) is 5.16 Å². The Kier molecular flexibility index (Phi) is 2.95. The Morgan fingerprint density at radius 2 is 2.26 bits per heavy atom. The molecule has 1 aliphatic rings. The molecule has 98 valence electrons. The number of aromatic carboxylic acids is 1. The topological polar surface area (TPSA) is 72.6 Å². The number of carboxylic acid groups (broad SMARTS) is 1. The molecule has 1 aromatic heterocycles. The van der Waals surface area contributed by atoms with E-state index in [9.17, 15) is 4.79 Å². The fourth-order valence-corrected chi connectivity index (χ4v) is 1.76. The van der Waals surface area contributed by atoms with Crippen molar-refractivity contribution < 1.29 is 19.2 Å². The monoisotopic (exact) mass is 259 g/mol. The molecule has 0 aliphatic heterocycles. The average Bonchev–Trinajstić information content (AvgIpc) is 3.10. The zero-order chi connectivity index (χ0) is 13.2. The summed E-state index contributed by atoms with van der Waals surface area (Å²) in [5.74, 6) is 0.165. The van der Waals surface area contributed by atoms with Crippen LogP contribution in [0.3, 0.4) is 0 Å². The van der Waals surface area contributed by atoms with E-state index in [0.717, 1.165) is 17.9 Å². The zero-order valence-electron chi connectivity index (χ0n) is 10.2. The molecule has 0 spiro atoms. The smallest absolute Gasteiger partial charge is 0.374 e. The van der Waals surface area contributed by atoms with Gasteiger partial charge in [-0.25, -0.2) is 4.79 Å². The van der Waals surface area contributed by atoms with Gasteiger partial charge in [-0.3, -0.25) is 0 Å². The minimum Gasteiger partial charge on any atom is -0.493 e. The van der Waals surface area contributed by atoms with Gasteiger partial charge in [0.15, 0.2) is 0 Å². The first-order valence-electron chi connectivity index (χ1n) is 6.15. The first-order valence-corrected chi connectivity index (χ1v) is 6.15. The van der Waals surface area contributed by atoms with Crippen molar-refractivity contribution in [3.8, 4) is 17.0 Å². The van der Waals surface area contributed by atoms with Crippen LogP contribution >= 0.6 is 0 Å². The van der Waals surface area contributed by atoms with E-state index in [1.165, 1.54) is 18.9 Å². The summed E-state index contributed by atoms with van der Waals surface area (Å²) < 4.78 is 10.4. The molecule has 1 fully saturated rings. The van der Waals surface area contributed by atoms with Crippen LogP contribution in [0.25, 0.3) is 11.3 Å². The van der Waals surface area contributed by atoms with E-state index in [1.807, 2.05) is 24.3 Å². The van der Waals surface area contributed by atoms with Gasteiger partial charge >= 0.3 is 5.97 Å². The first-order chi connectivity index (χ1) is 9.22. The third-order valence-electron chi connectivity index (χ3n) is 3.03. The number of hydrogen-bond acceptors (Lipinski definition) is 4. The highest BCUT2D eigenvalue weighted by Crippen LogP contribution is 2.30. The summed E-state index contributed by atoms with van der Waals surface area (Å²) in [6.07, 6.45) is 2.48. The molecule has 0 amide bonds. The molecule has 1 N–H and O–H groups in total. The predicted octanol–water partition coefficient (Wildman–Crippen LogP) is 2.83. The van der Waals surface area contributed by atoms with Crippen LogP contribution in [0, 0.1) is 5.92 Å². The maximum Gasteiger partial charge on any atom is 0.374 e. The molecule has 1 heterocycles. The van der Waals surface area contributed by atoms with E-state index in [2.05, 4.69) is 5.16 Å². The second-order valence-electron chi connectivity index (χ2n) is 4.66. The van der Waals surface area contributed by atoms with Crippen LogP contribution in [0.5, 0.6) is 5.75 Å². The van der Waals surface area contributed by atoms with Crippen molar-refractivity contribution in [2.75, 3.05) is 6.61 Å². The van der Waals surface area contributed by atoms with E-state index in [1.54, 1.807) is 0 Å². The number of benzene rings is 1. The van der Waals surface area contributed by atoms with Gasteiger partial charge in [-0.1, -0.05) is 17.3 Å². The van der Waals surface area contributed by atoms with Crippen LogP contribution in [0.1, 0.15) is 23.4 Å². The molecule has 0 unspecified atom stereocenters. The second kappa shape index (κ2) is 4.76. The minimum atomic E-state index is -1.13. The van der Waals surface area contributed by atoms with Crippen molar-refractivity contribution in [2.24, 2.45) is 5.92 Å². The molecule has 0 atom stereocenters. The largest absolute Gasteiger partial charge is 0.493 e. The molecule has 1 aromatic carbocycles. The van der Waals surface area contributed by atoms with Gasteiger partial charge in [0.1, 0.15) is 11.4 Å². The lowest BCUT2D eigenvalue weighted by atomic mass is 10.1. The van der Waals surface area contributed by atoms with Crippen LogP contribution in [-0.2, 0) is 0 Å². The van der Waals surface area contributed by atoms with E-state index in [-0.39, 0.29) is 5.76 Å². The summed E-state index contributed by atoms with van der Waals surface area (Å²) in [7, 11) is 0. The van der Waals surface area contributed by atoms with Gasteiger partial charge in [0.25, 0.3) is 0 Å². The third kappa shape index (κ3) is 2.76. The third-order valence-corrected chi connectivity index (χ3v) is 3.03. The van der Waals surface area contributed by atoms with Gasteiger partial charge in [-0.2, -0.15) is 0 Å². The highest BCUT2D eigenvalue weighted by atomic mass is 16.5. The van der Waals surface area contributed by atoms with Crippen LogP contribution in [0.4, 0.5) is 0 Å². The van der Waals surface area contributed by atoms with E-state index in [4.69, 9.17) is 14.4 Å². The Labute approximate surface area is 109 Å². The number of carbonyl (C=O) groups is 1. The maximum absolute atomic E-state index is 10.7. The highest BCUT2D eigenvalue weighted by molar-refractivity contribution is 5.85. The molecular formula is C14H13NO4. The normalized spacial score (nSPS) is 14.3. The molecule has 1 aliphatic carbocycles. The van der Waals surface area contributed by atoms with Crippen molar-refractivity contribution >= 4 is 5.97 Å². The molecule has 19 heavy (non-hydrogen) atoms. The molecule has 5 nitrogen and oxygen atoms in total. The minimum absolute atomic E-state index is 0.167. The molecule has 0 saturated heterocycles. The van der Waals surface area contributed by atoms with Crippen molar-refractivity contribution in [3.63, 3.8) is 0 Å². The Hall–Kier alpha value is -2.30. The standard InChI is InChI=1S/C14H13NO4/c16-14(17)13-7-12(15-19-13)10-2-1-3-11(6-10)18-8-9-4-5-9/h1-3,6-7,9H,4-5,8H2,(H,16,17). The number of rotatable bonds is 5. The van der Waals surface area contributed by atoms with Crippen molar-refractivity contribution in [3.05, 3.63) is 36.1 Å². The number of nitrogens with zero attached hydrogens (tertiary/aromatic N) is 1. The predicted molar refractivity (Wildman–Crippen MR) is 67.1 cm³/mol. The van der Waals surface area contributed by atoms with Gasteiger partial charge in [-0.15, -0.1) is 0 Å². The molecule has 0 bridgehead atoms. The molecular weight excluding hydrogens is 246 g/mol. The summed E-state index contributed by atoms with van der Waals surface area (Å²) in [6.45, 7) is 0.739. The lowest BCUT2D eigenvalue weighted by Gasteiger charge is -2.05. The van der Waals surface area contributed by atoms with E-state index < -0.39 is 5.97 Å². The summed E-state index contributed by atoms with van der Waals surface area (Å²) in [5, 5.41) is 12.5. The molecule has 1 saturated carbocycles. The van der Waals surface area contributed by atoms with Crippen LogP contribution in [-0.4, -0.2) is 22.8 Å². The fourth-order valence-electron chi connectivity index (χ4n) is 1.76. The van der Waals surface area contributed by atoms with Crippen LogP contribution < -0.4 is 4.74 Å². The van der Waals surface area contributed by atoms with Gasteiger partial charge in [0, 0.05) is 11.6 Å². The maximum atomic E-state index is 10.7. The summed E-state index contributed by atoms with van der Waals surface area (Å²) in [6, 6.07) is 8.82. The molecule has 0 radical (unpaired) electrons. The number of ether oxygens (including phenoxy) is 1. The Balaban J connectivity index is 1.78. The van der Waals surface area contributed by atoms with Crippen molar-refractivity contribution in [1.29, 1.82) is 0 Å². The fraction of sp³-hybridized carbons (Fsp3) is 0.286. The Morgan fingerprint density at radius 1 is 1.42 bits per heavy atom. The number of hydrogen-bond donors (Lipinski definition) is 1. The van der Waals surface area contributed by atoms with Crippen molar-refractivity contribution in [2.45, 2.75) is 12.8 Å². The van der Waals surface area contributed by atoms with Gasteiger partial charge in [-0.05, 0) is 30.9 Å². The SMILES string of the molecule is O=C(O)c1cc(-c2cccc(OCC3CC3)c2)no1. The molecule has 2 aromatic rings. The van der Waals surface area contributed by atoms with E-state index in [0.29, 0.717) is 11.6 Å². The quantitative estimate of drug-likeness (QED) is 0.893. The van der Waals surface area contributed by atoms with Gasteiger partial charge in [0.05, 0.1) is 6.61 Å². The van der Waals surface area contributed by atoms with E-state index >= 15 is 0 Å². The number of carboxylic acids is 1. The van der Waals surface area contributed by atoms with Crippen LogP contribution in [0.15, 0.2) is 34.9 Å². The second-order valence-corrected chi connectivity index (χ2v) is 4.66. The Bertz CT molecular complexity index is 601. The lowest BCUT2D eigenvalue weighted by molar-refractivity contribution is 0.0652. The molecule has 5 heteroatoms. The number of aromatic nitrogens is 1. The van der Waals surface area contributed by atoms with Gasteiger partial charge in [0.2, 0.25) is 5.76 Å². The Morgan fingerprint density at radius 3 is 2.95 bits per heavy atom. The highest BCUT2D eigenvalue weighted by Gasteiger charge is 2.22. The van der Waals surface area contributed by atoms with Crippen LogP contribution in [0.2, 0.25) is 0 Å². The zero-order valence-corrected chi connectivity index (χ0v) is 10.2. The van der Waals surface area contributed by atoms with Gasteiger partial charge < -0.3 is 14.4 Å². The summed E-state index contributed by atoms with van der Waals surface area (Å²) in [5.41, 5.74) is 1.28. The summed E-state index contributed by atoms with van der Waals surface area (Å²) in [4.78, 5) is 10.7. The summed E-state index contributed by atoms with van der Waals surface area (Å²) >= 11 is 0. The average molecular weight is 259 g/mol. The lowest BCUT2D eigenvalue weighted by Crippen LogP contribution is -1.98. The molecule has 3 rings (SSSR count). The first kappa shape index (κ1) is 11.8.